The average molecular weight is 337 g/mol. The van der Waals surface area contributed by atoms with Crippen LogP contribution in [0.15, 0.2) is 54.6 Å². The lowest BCUT2D eigenvalue weighted by Gasteiger charge is -2.35. The highest BCUT2D eigenvalue weighted by molar-refractivity contribution is 5.82. The van der Waals surface area contributed by atoms with Crippen LogP contribution in [0.25, 0.3) is 0 Å². The third-order valence-corrected chi connectivity index (χ3v) is 5.08. The molecule has 0 saturated carbocycles. The van der Waals surface area contributed by atoms with Gasteiger partial charge in [-0.25, -0.2) is 0 Å². The molecule has 0 radical (unpaired) electrons. The zero-order valence-corrected chi connectivity index (χ0v) is 14.3. The van der Waals surface area contributed by atoms with E-state index in [9.17, 15) is 4.79 Å². The number of carbonyl (C=O) groups excluding carboxylic acids is 1. The van der Waals surface area contributed by atoms with Crippen LogP contribution in [0.3, 0.4) is 0 Å². The topological polar surface area (TPSA) is 38.8 Å². The Morgan fingerprint density at radius 1 is 0.960 bits per heavy atom. The van der Waals surface area contributed by atoms with E-state index in [1.165, 1.54) is 5.56 Å². The van der Waals surface area contributed by atoms with Crippen LogP contribution in [-0.4, -0.2) is 36.6 Å². The first-order valence-corrected chi connectivity index (χ1v) is 9.01. The SMILES string of the molecule is O=C([C@@H]1COc2ccccc2O1)N1CCC(Cc2ccccc2)CC1. The number of rotatable bonds is 3. The van der Waals surface area contributed by atoms with Gasteiger partial charge in [-0.3, -0.25) is 4.79 Å². The standard InChI is InChI=1S/C21H23NO3/c23-21(20-15-24-18-8-4-5-9-19(18)25-20)22-12-10-17(11-13-22)14-16-6-2-1-3-7-16/h1-9,17,20H,10-15H2/t20-/m0/s1. The maximum Gasteiger partial charge on any atom is 0.267 e. The maximum atomic E-state index is 12.7. The third-order valence-electron chi connectivity index (χ3n) is 5.08. The minimum Gasteiger partial charge on any atom is -0.485 e. The Hall–Kier alpha value is -2.49. The number of hydrogen-bond acceptors (Lipinski definition) is 3. The number of carbonyl (C=O) groups is 1. The van der Waals surface area contributed by atoms with Crippen LogP contribution < -0.4 is 9.47 Å². The summed E-state index contributed by atoms with van der Waals surface area (Å²) in [7, 11) is 0. The van der Waals surface area contributed by atoms with Gasteiger partial charge in [0.25, 0.3) is 5.91 Å². The molecule has 1 amide bonds. The number of amides is 1. The second-order valence-electron chi connectivity index (χ2n) is 6.82. The number of piperidine rings is 1. The van der Waals surface area contributed by atoms with E-state index in [1.807, 2.05) is 29.2 Å². The molecule has 2 aliphatic rings. The van der Waals surface area contributed by atoms with Gasteiger partial charge in [0.15, 0.2) is 11.5 Å². The van der Waals surface area contributed by atoms with Gasteiger partial charge < -0.3 is 14.4 Å². The van der Waals surface area contributed by atoms with Crippen molar-refractivity contribution in [2.24, 2.45) is 5.92 Å². The molecule has 130 valence electrons. The predicted octanol–water partition coefficient (Wildman–Crippen LogP) is 3.31. The minimum atomic E-state index is -0.527. The second-order valence-corrected chi connectivity index (χ2v) is 6.82. The van der Waals surface area contributed by atoms with Gasteiger partial charge in [-0.1, -0.05) is 42.5 Å². The summed E-state index contributed by atoms with van der Waals surface area (Å²) in [6, 6.07) is 18.1. The van der Waals surface area contributed by atoms with E-state index in [0.29, 0.717) is 24.0 Å². The second kappa shape index (κ2) is 7.18. The fourth-order valence-corrected chi connectivity index (χ4v) is 3.65. The maximum absolute atomic E-state index is 12.7. The van der Waals surface area contributed by atoms with E-state index in [4.69, 9.17) is 9.47 Å². The van der Waals surface area contributed by atoms with Crippen molar-refractivity contribution in [2.45, 2.75) is 25.4 Å². The Balaban J connectivity index is 1.31. The predicted molar refractivity (Wildman–Crippen MR) is 95.8 cm³/mol. The lowest BCUT2D eigenvalue weighted by atomic mass is 9.90. The monoisotopic (exact) mass is 337 g/mol. The number of benzene rings is 2. The summed E-state index contributed by atoms with van der Waals surface area (Å²) in [6.07, 6.45) is 2.66. The van der Waals surface area contributed by atoms with Gasteiger partial charge in [0.2, 0.25) is 6.10 Å². The van der Waals surface area contributed by atoms with Crippen LogP contribution in [0.1, 0.15) is 18.4 Å². The molecule has 4 nitrogen and oxygen atoms in total. The van der Waals surface area contributed by atoms with Crippen molar-refractivity contribution in [3.05, 3.63) is 60.2 Å². The van der Waals surface area contributed by atoms with E-state index in [1.54, 1.807) is 0 Å². The molecule has 2 aliphatic heterocycles. The number of para-hydroxylation sites is 2. The zero-order valence-electron chi connectivity index (χ0n) is 14.3. The summed E-state index contributed by atoms with van der Waals surface area (Å²) in [5.74, 6) is 2.07. The van der Waals surface area contributed by atoms with Gasteiger partial charge in [0.05, 0.1) is 0 Å². The summed E-state index contributed by atoms with van der Waals surface area (Å²) in [4.78, 5) is 14.7. The van der Waals surface area contributed by atoms with Gasteiger partial charge in [0, 0.05) is 13.1 Å². The highest BCUT2D eigenvalue weighted by atomic mass is 16.6. The number of likely N-dealkylation sites (tertiary alicyclic amines) is 1. The molecule has 2 aromatic carbocycles. The third kappa shape index (κ3) is 3.63. The van der Waals surface area contributed by atoms with Gasteiger partial charge in [-0.2, -0.15) is 0 Å². The quantitative estimate of drug-likeness (QED) is 0.862. The molecule has 0 aromatic heterocycles. The van der Waals surface area contributed by atoms with Crippen LogP contribution in [-0.2, 0) is 11.2 Å². The summed E-state index contributed by atoms with van der Waals surface area (Å²) in [5, 5.41) is 0. The number of ether oxygens (including phenoxy) is 2. The first kappa shape index (κ1) is 16.0. The molecule has 4 heteroatoms. The van der Waals surface area contributed by atoms with E-state index >= 15 is 0 Å². The van der Waals surface area contributed by atoms with Crippen LogP contribution >= 0.6 is 0 Å². The Bertz CT molecular complexity index is 723. The molecule has 1 saturated heterocycles. The lowest BCUT2D eigenvalue weighted by Crippen LogP contribution is -2.49. The van der Waals surface area contributed by atoms with Crippen LogP contribution in [0, 0.1) is 5.92 Å². The molecule has 0 N–H and O–H groups in total. The average Bonchev–Trinajstić information content (AvgIpc) is 2.68. The normalized spacial score (nSPS) is 20.3. The van der Waals surface area contributed by atoms with Crippen LogP contribution in [0.2, 0.25) is 0 Å². The Labute approximate surface area is 148 Å². The summed E-state index contributed by atoms with van der Waals surface area (Å²) < 4.78 is 11.5. The molecule has 2 heterocycles. The zero-order chi connectivity index (χ0) is 17.1. The molecule has 1 atom stereocenters. The van der Waals surface area contributed by atoms with E-state index in [-0.39, 0.29) is 5.91 Å². The number of hydrogen-bond donors (Lipinski definition) is 0. The molecule has 0 bridgehead atoms. The van der Waals surface area contributed by atoms with Crippen molar-refractivity contribution in [1.29, 1.82) is 0 Å². The van der Waals surface area contributed by atoms with Gasteiger partial charge >= 0.3 is 0 Å². The molecule has 0 unspecified atom stereocenters. The van der Waals surface area contributed by atoms with E-state index < -0.39 is 6.10 Å². The van der Waals surface area contributed by atoms with Crippen molar-refractivity contribution in [1.82, 2.24) is 4.90 Å². The molecule has 4 rings (SSSR count). The summed E-state index contributed by atoms with van der Waals surface area (Å²) >= 11 is 0. The van der Waals surface area contributed by atoms with Crippen molar-refractivity contribution in [3.63, 3.8) is 0 Å². The Morgan fingerprint density at radius 2 is 1.64 bits per heavy atom. The smallest absolute Gasteiger partial charge is 0.267 e. The Morgan fingerprint density at radius 3 is 2.40 bits per heavy atom. The number of nitrogens with zero attached hydrogens (tertiary/aromatic N) is 1. The van der Waals surface area contributed by atoms with Crippen molar-refractivity contribution in [3.8, 4) is 11.5 Å². The number of fused-ring (bicyclic) bond motifs is 1. The lowest BCUT2D eigenvalue weighted by molar-refractivity contribution is -0.142. The van der Waals surface area contributed by atoms with Gasteiger partial charge in [-0.15, -0.1) is 0 Å². The molecule has 25 heavy (non-hydrogen) atoms. The van der Waals surface area contributed by atoms with Crippen molar-refractivity contribution >= 4 is 5.91 Å². The molecule has 0 spiro atoms. The van der Waals surface area contributed by atoms with Crippen LogP contribution in [0.4, 0.5) is 0 Å². The van der Waals surface area contributed by atoms with E-state index in [0.717, 1.165) is 32.4 Å². The largest absolute Gasteiger partial charge is 0.485 e. The minimum absolute atomic E-state index is 0.0488. The highest BCUT2D eigenvalue weighted by Crippen LogP contribution is 2.32. The first-order valence-electron chi connectivity index (χ1n) is 9.01. The van der Waals surface area contributed by atoms with E-state index in [2.05, 4.69) is 30.3 Å². The molecular weight excluding hydrogens is 314 g/mol. The molecule has 2 aromatic rings. The van der Waals surface area contributed by atoms with Gasteiger partial charge in [-0.05, 0) is 42.9 Å². The first-order chi connectivity index (χ1) is 12.3. The summed E-state index contributed by atoms with van der Waals surface area (Å²) in [5.41, 5.74) is 1.38. The van der Waals surface area contributed by atoms with Crippen molar-refractivity contribution in [2.75, 3.05) is 19.7 Å². The Kier molecular flexibility index (Phi) is 4.59. The fraction of sp³-hybridized carbons (Fsp3) is 0.381. The molecule has 1 fully saturated rings. The highest BCUT2D eigenvalue weighted by Gasteiger charge is 2.33. The summed E-state index contributed by atoms with van der Waals surface area (Å²) in [6.45, 7) is 1.90. The van der Waals surface area contributed by atoms with Crippen molar-refractivity contribution < 1.29 is 14.3 Å². The van der Waals surface area contributed by atoms with Gasteiger partial charge in [0.1, 0.15) is 6.61 Å². The molecular formula is C21H23NO3. The fourth-order valence-electron chi connectivity index (χ4n) is 3.65. The van der Waals surface area contributed by atoms with Crippen LogP contribution in [0.5, 0.6) is 11.5 Å². The molecule has 0 aliphatic carbocycles.